The van der Waals surface area contributed by atoms with Gasteiger partial charge in [-0.15, -0.1) is 0 Å². The zero-order chi connectivity index (χ0) is 24.2. The number of nitriles is 1. The van der Waals surface area contributed by atoms with E-state index >= 15 is 0 Å². The summed E-state index contributed by atoms with van der Waals surface area (Å²) >= 11 is 0. The predicted molar refractivity (Wildman–Crippen MR) is 139 cm³/mol. The summed E-state index contributed by atoms with van der Waals surface area (Å²) in [5, 5.41) is 14.6. The number of allylic oxidation sites excluding steroid dienone is 3. The van der Waals surface area contributed by atoms with Crippen molar-refractivity contribution in [3.8, 4) is 6.07 Å². The topological polar surface area (TPSA) is 81.0 Å². The largest absolute Gasteiger partial charge is 0.370 e. The minimum absolute atomic E-state index is 0.00535. The van der Waals surface area contributed by atoms with Gasteiger partial charge in [-0.2, -0.15) is 5.26 Å². The van der Waals surface area contributed by atoms with E-state index < -0.39 is 0 Å². The first-order valence-corrected chi connectivity index (χ1v) is 12.1. The third kappa shape index (κ3) is 7.86. The molecule has 34 heavy (non-hydrogen) atoms. The van der Waals surface area contributed by atoms with E-state index in [0.29, 0.717) is 18.2 Å². The number of carbonyl (C=O) groups excluding carboxylic acids is 1. The lowest BCUT2D eigenvalue weighted by atomic mass is 10.0. The van der Waals surface area contributed by atoms with E-state index in [4.69, 9.17) is 5.26 Å². The van der Waals surface area contributed by atoms with Gasteiger partial charge in [-0.05, 0) is 74.1 Å². The van der Waals surface area contributed by atoms with Gasteiger partial charge in [-0.1, -0.05) is 37.3 Å². The summed E-state index contributed by atoms with van der Waals surface area (Å²) in [5.41, 5.74) is 4.23. The first-order valence-electron chi connectivity index (χ1n) is 12.1. The van der Waals surface area contributed by atoms with Crippen molar-refractivity contribution in [2.45, 2.75) is 44.9 Å². The second kappa shape index (κ2) is 13.3. The highest BCUT2D eigenvalue weighted by Crippen LogP contribution is 2.20. The van der Waals surface area contributed by atoms with Crippen LogP contribution in [0.15, 0.2) is 66.4 Å². The Bertz CT molecular complexity index is 1010. The van der Waals surface area contributed by atoms with E-state index in [0.717, 1.165) is 49.3 Å². The van der Waals surface area contributed by atoms with Crippen molar-refractivity contribution in [2.75, 3.05) is 36.9 Å². The van der Waals surface area contributed by atoms with Crippen LogP contribution in [0.2, 0.25) is 0 Å². The number of carbonyl (C=O) groups is 1. The minimum Gasteiger partial charge on any atom is -0.370 e. The first-order chi connectivity index (χ1) is 16.6. The highest BCUT2D eigenvalue weighted by atomic mass is 16.1. The molecule has 1 unspecified atom stereocenters. The lowest BCUT2D eigenvalue weighted by Crippen LogP contribution is -2.18. The van der Waals surface area contributed by atoms with Crippen LogP contribution in [0.1, 0.15) is 56.1 Å². The Morgan fingerprint density at radius 2 is 1.91 bits per heavy atom. The van der Waals surface area contributed by atoms with Crippen LogP contribution in [0.3, 0.4) is 0 Å². The molecular weight excluding hydrogens is 422 g/mol. The van der Waals surface area contributed by atoms with E-state index in [2.05, 4.69) is 45.7 Å². The molecule has 6 heteroatoms. The SMILES string of the molecule is CNCC(C)c1ccc(C#N)cc1.O=C(CC1=CCCC=C1)Nc1ccc(N2CCCC2)cn1. The number of aromatic nitrogens is 1. The van der Waals surface area contributed by atoms with Gasteiger partial charge < -0.3 is 15.5 Å². The van der Waals surface area contributed by atoms with E-state index in [1.807, 2.05) is 55.7 Å². The Morgan fingerprint density at radius 3 is 2.50 bits per heavy atom. The van der Waals surface area contributed by atoms with E-state index in [1.165, 1.54) is 18.4 Å². The molecule has 2 heterocycles. The molecule has 2 aliphatic rings. The number of hydrogen-bond donors (Lipinski definition) is 2. The molecule has 4 rings (SSSR count). The second-order valence-electron chi connectivity index (χ2n) is 8.77. The predicted octanol–water partition coefficient (Wildman–Crippen LogP) is 5.17. The number of rotatable bonds is 7. The number of anilines is 2. The molecular formula is C28H35N5O. The molecule has 178 valence electrons. The van der Waals surface area contributed by atoms with Crippen LogP contribution in [0, 0.1) is 11.3 Å². The van der Waals surface area contributed by atoms with Crippen molar-refractivity contribution < 1.29 is 4.79 Å². The summed E-state index contributed by atoms with van der Waals surface area (Å²) in [6.45, 7) is 5.34. The van der Waals surface area contributed by atoms with Crippen molar-refractivity contribution in [2.24, 2.45) is 0 Å². The molecule has 1 aliphatic heterocycles. The number of nitrogens with one attached hydrogen (secondary N) is 2. The third-order valence-electron chi connectivity index (χ3n) is 6.04. The highest BCUT2D eigenvalue weighted by molar-refractivity contribution is 5.91. The summed E-state index contributed by atoms with van der Waals surface area (Å²) in [7, 11) is 1.94. The summed E-state index contributed by atoms with van der Waals surface area (Å²) in [6, 6.07) is 13.8. The highest BCUT2D eigenvalue weighted by Gasteiger charge is 2.13. The van der Waals surface area contributed by atoms with Crippen LogP contribution < -0.4 is 15.5 Å². The lowest BCUT2D eigenvalue weighted by molar-refractivity contribution is -0.115. The molecule has 0 saturated carbocycles. The van der Waals surface area contributed by atoms with Gasteiger partial charge in [0, 0.05) is 19.6 Å². The van der Waals surface area contributed by atoms with Crippen molar-refractivity contribution in [3.63, 3.8) is 0 Å². The fraction of sp³-hybridized carbons (Fsp3) is 0.393. The van der Waals surface area contributed by atoms with E-state index in [9.17, 15) is 4.79 Å². The monoisotopic (exact) mass is 457 g/mol. The van der Waals surface area contributed by atoms with Crippen molar-refractivity contribution in [1.29, 1.82) is 5.26 Å². The molecule has 2 aromatic rings. The second-order valence-corrected chi connectivity index (χ2v) is 8.77. The van der Waals surface area contributed by atoms with Gasteiger partial charge >= 0.3 is 0 Å². The molecule has 0 spiro atoms. The van der Waals surface area contributed by atoms with Crippen LogP contribution in [-0.4, -0.2) is 37.6 Å². The Labute approximate surface area is 203 Å². The summed E-state index contributed by atoms with van der Waals surface area (Å²) < 4.78 is 0. The normalized spacial score (nSPS) is 15.6. The van der Waals surface area contributed by atoms with Crippen molar-refractivity contribution >= 4 is 17.4 Å². The average Bonchev–Trinajstić information content (AvgIpc) is 3.41. The maximum absolute atomic E-state index is 12.0. The summed E-state index contributed by atoms with van der Waals surface area (Å²) in [6.07, 6.45) is 13.2. The van der Waals surface area contributed by atoms with Crippen LogP contribution in [0.25, 0.3) is 0 Å². The molecule has 1 aliphatic carbocycles. The van der Waals surface area contributed by atoms with Crippen LogP contribution in [0.4, 0.5) is 11.5 Å². The van der Waals surface area contributed by atoms with Gasteiger partial charge in [0.25, 0.3) is 0 Å². The molecule has 6 nitrogen and oxygen atoms in total. The van der Waals surface area contributed by atoms with Gasteiger partial charge in [0.2, 0.25) is 5.91 Å². The number of pyridine rings is 1. The fourth-order valence-corrected chi connectivity index (χ4v) is 4.10. The maximum Gasteiger partial charge on any atom is 0.229 e. The van der Waals surface area contributed by atoms with Gasteiger partial charge in [-0.25, -0.2) is 4.98 Å². The molecule has 1 amide bonds. The molecule has 1 aromatic heterocycles. The van der Waals surface area contributed by atoms with Gasteiger partial charge in [-0.3, -0.25) is 4.79 Å². The smallest absolute Gasteiger partial charge is 0.229 e. The maximum atomic E-state index is 12.0. The van der Waals surface area contributed by atoms with Crippen LogP contribution in [0.5, 0.6) is 0 Å². The van der Waals surface area contributed by atoms with E-state index in [-0.39, 0.29) is 5.91 Å². The Hall–Kier alpha value is -3.43. The average molecular weight is 458 g/mol. The van der Waals surface area contributed by atoms with Crippen LogP contribution in [-0.2, 0) is 4.79 Å². The molecule has 1 fully saturated rings. The van der Waals surface area contributed by atoms with Gasteiger partial charge in [0.1, 0.15) is 5.82 Å². The standard InChI is InChI=1S/C17H21N3O.C11H14N2/c21-17(12-14-6-2-1-3-7-14)19-16-9-8-15(13-18-16)20-10-4-5-11-20;1-9(8-13-2)11-5-3-10(7-12)4-6-11/h2,6-9,13H,1,3-5,10-12H2,(H,18,19,21);3-6,9,13H,8H2,1-2H3. The zero-order valence-corrected chi connectivity index (χ0v) is 20.3. The fourth-order valence-electron chi connectivity index (χ4n) is 4.10. The molecule has 0 radical (unpaired) electrons. The Kier molecular flexibility index (Phi) is 9.87. The summed E-state index contributed by atoms with van der Waals surface area (Å²) in [4.78, 5) is 18.7. The van der Waals surface area contributed by atoms with Crippen molar-refractivity contribution in [3.05, 3.63) is 77.5 Å². The number of nitrogens with zero attached hydrogens (tertiary/aromatic N) is 3. The number of amides is 1. The quantitative estimate of drug-likeness (QED) is 0.600. The molecule has 2 N–H and O–H groups in total. The number of benzene rings is 1. The molecule has 1 atom stereocenters. The Balaban J connectivity index is 0.000000215. The molecule has 0 bridgehead atoms. The van der Waals surface area contributed by atoms with E-state index in [1.54, 1.807) is 0 Å². The number of hydrogen-bond acceptors (Lipinski definition) is 5. The zero-order valence-electron chi connectivity index (χ0n) is 20.3. The molecule has 1 saturated heterocycles. The molecule has 1 aromatic carbocycles. The van der Waals surface area contributed by atoms with Gasteiger partial charge in [0.05, 0.1) is 29.9 Å². The minimum atomic E-state index is -0.00535. The van der Waals surface area contributed by atoms with Crippen molar-refractivity contribution in [1.82, 2.24) is 10.3 Å². The van der Waals surface area contributed by atoms with Crippen LogP contribution >= 0.6 is 0 Å². The third-order valence-corrected chi connectivity index (χ3v) is 6.04. The first kappa shape index (κ1) is 25.2. The lowest BCUT2D eigenvalue weighted by Gasteiger charge is -2.17. The Morgan fingerprint density at radius 1 is 1.15 bits per heavy atom. The summed E-state index contributed by atoms with van der Waals surface area (Å²) in [5.74, 6) is 1.12. The number of likely N-dealkylation sites (N-methyl/N-ethyl adjacent to an activating group) is 1. The van der Waals surface area contributed by atoms with Gasteiger partial charge in [0.15, 0.2) is 0 Å².